The van der Waals surface area contributed by atoms with Gasteiger partial charge in [-0.05, 0) is 31.4 Å². The molecule has 3 rings (SSSR count). The van der Waals surface area contributed by atoms with E-state index in [4.69, 9.17) is 0 Å². The summed E-state index contributed by atoms with van der Waals surface area (Å²) in [4.78, 5) is 13.0. The summed E-state index contributed by atoms with van der Waals surface area (Å²) < 4.78 is 1.58. The zero-order chi connectivity index (χ0) is 15.0. The maximum absolute atomic E-state index is 12.4. The molecule has 1 N–H and O–H groups in total. The van der Waals surface area contributed by atoms with E-state index in [2.05, 4.69) is 27.5 Å². The van der Waals surface area contributed by atoms with E-state index in [1.54, 1.807) is 11.4 Å². The average Bonchev–Trinajstić information content (AvgIpc) is 3.04. The Kier molecular flexibility index (Phi) is 3.42. The molecule has 0 fully saturated rings. The predicted octanol–water partition coefficient (Wildman–Crippen LogP) is 2.62. The van der Waals surface area contributed by atoms with Gasteiger partial charge in [0.05, 0.1) is 0 Å². The summed E-state index contributed by atoms with van der Waals surface area (Å²) in [7, 11) is 0. The summed E-state index contributed by atoms with van der Waals surface area (Å²) in [6.07, 6.45) is 0.863. The highest BCUT2D eigenvalue weighted by atomic mass is 32.1. The Morgan fingerprint density at radius 3 is 2.86 bits per heavy atom. The third-order valence-electron chi connectivity index (χ3n) is 3.32. The van der Waals surface area contributed by atoms with Gasteiger partial charge in [0, 0.05) is 5.69 Å². The van der Waals surface area contributed by atoms with Gasteiger partial charge in [0.2, 0.25) is 9.97 Å². The van der Waals surface area contributed by atoms with Crippen LogP contribution in [0.2, 0.25) is 0 Å². The molecule has 0 saturated carbocycles. The van der Waals surface area contributed by atoms with Crippen LogP contribution in [-0.2, 0) is 6.42 Å². The number of carbonyl (C=O) groups excluding carboxylic acids is 1. The second kappa shape index (κ2) is 5.25. The number of anilines is 1. The molecule has 0 aliphatic heterocycles. The van der Waals surface area contributed by atoms with Gasteiger partial charge in [0.15, 0.2) is 5.82 Å². The van der Waals surface area contributed by atoms with Crippen molar-refractivity contribution in [2.75, 3.05) is 5.32 Å². The molecular weight excluding hydrogens is 286 g/mol. The van der Waals surface area contributed by atoms with Gasteiger partial charge in [0.25, 0.3) is 5.91 Å². The Balaban J connectivity index is 1.93. The van der Waals surface area contributed by atoms with Crippen LogP contribution >= 0.6 is 11.3 Å². The molecule has 0 saturated heterocycles. The van der Waals surface area contributed by atoms with Crippen LogP contribution in [0.4, 0.5) is 5.69 Å². The molecule has 0 aliphatic rings. The first-order valence-electron chi connectivity index (χ1n) is 6.69. The zero-order valence-electron chi connectivity index (χ0n) is 12.0. The van der Waals surface area contributed by atoms with Crippen molar-refractivity contribution in [3.63, 3.8) is 0 Å². The highest BCUT2D eigenvalue weighted by Crippen LogP contribution is 2.23. The lowest BCUT2D eigenvalue weighted by atomic mass is 10.1. The fourth-order valence-corrected chi connectivity index (χ4v) is 2.96. The number of amides is 1. The molecule has 0 bridgehead atoms. The molecular formula is C14H15N5OS. The van der Waals surface area contributed by atoms with Gasteiger partial charge in [-0.25, -0.2) is 0 Å². The van der Waals surface area contributed by atoms with Gasteiger partial charge >= 0.3 is 0 Å². The van der Waals surface area contributed by atoms with Crippen LogP contribution in [0.5, 0.6) is 0 Å². The Morgan fingerprint density at radius 1 is 1.33 bits per heavy atom. The fourth-order valence-electron chi connectivity index (χ4n) is 2.18. The number of aromatic nitrogens is 4. The molecule has 1 amide bonds. The summed E-state index contributed by atoms with van der Waals surface area (Å²) in [6, 6.07) is 6.00. The molecule has 0 radical (unpaired) electrons. The first-order chi connectivity index (χ1) is 10.1. The van der Waals surface area contributed by atoms with Crippen molar-refractivity contribution >= 4 is 27.9 Å². The van der Waals surface area contributed by atoms with E-state index in [-0.39, 0.29) is 5.91 Å². The van der Waals surface area contributed by atoms with E-state index in [0.29, 0.717) is 15.8 Å². The van der Waals surface area contributed by atoms with Crippen LogP contribution in [0.15, 0.2) is 18.2 Å². The smallest absolute Gasteiger partial charge is 0.286 e. The number of carbonyl (C=O) groups is 1. The zero-order valence-corrected chi connectivity index (χ0v) is 12.9. The number of hydrogen-bond donors (Lipinski definition) is 1. The van der Waals surface area contributed by atoms with Gasteiger partial charge in [-0.3, -0.25) is 4.79 Å². The molecule has 0 aliphatic carbocycles. The van der Waals surface area contributed by atoms with Gasteiger partial charge in [-0.1, -0.05) is 36.5 Å². The number of hydrogen-bond acceptors (Lipinski definition) is 5. The second-order valence-corrected chi connectivity index (χ2v) is 5.72. The van der Waals surface area contributed by atoms with E-state index in [1.807, 2.05) is 25.1 Å². The van der Waals surface area contributed by atoms with Crippen molar-refractivity contribution in [1.82, 2.24) is 19.8 Å². The Hall–Kier alpha value is -2.28. The van der Waals surface area contributed by atoms with E-state index in [9.17, 15) is 4.79 Å². The van der Waals surface area contributed by atoms with Crippen LogP contribution in [0.25, 0.3) is 4.96 Å². The molecule has 3 aromatic rings. The maximum Gasteiger partial charge on any atom is 0.286 e. The number of benzene rings is 1. The van der Waals surface area contributed by atoms with Gasteiger partial charge in [-0.2, -0.15) is 4.52 Å². The number of nitrogens with zero attached hydrogens (tertiary/aromatic N) is 4. The monoisotopic (exact) mass is 301 g/mol. The molecule has 6 nitrogen and oxygen atoms in total. The van der Waals surface area contributed by atoms with E-state index in [0.717, 1.165) is 23.2 Å². The number of para-hydroxylation sites is 1. The Morgan fingerprint density at radius 2 is 2.14 bits per heavy atom. The summed E-state index contributed by atoms with van der Waals surface area (Å²) in [5.74, 6) is 0.458. The predicted molar refractivity (Wildman–Crippen MR) is 81.9 cm³/mol. The van der Waals surface area contributed by atoms with Gasteiger partial charge in [-0.15, -0.1) is 15.3 Å². The molecule has 2 aromatic heterocycles. The first kappa shape index (κ1) is 13.7. The van der Waals surface area contributed by atoms with Gasteiger partial charge < -0.3 is 5.32 Å². The van der Waals surface area contributed by atoms with Gasteiger partial charge in [0.1, 0.15) is 0 Å². The molecule has 7 heteroatoms. The third kappa shape index (κ3) is 2.40. The van der Waals surface area contributed by atoms with Crippen LogP contribution in [0, 0.1) is 13.8 Å². The van der Waals surface area contributed by atoms with E-state index >= 15 is 0 Å². The van der Waals surface area contributed by atoms with Crippen molar-refractivity contribution in [3.05, 3.63) is 40.2 Å². The van der Waals surface area contributed by atoms with Crippen LogP contribution in [-0.4, -0.2) is 25.7 Å². The quantitative estimate of drug-likeness (QED) is 0.807. The minimum Gasteiger partial charge on any atom is -0.319 e. The second-order valence-electron chi connectivity index (χ2n) is 4.77. The highest BCUT2D eigenvalue weighted by Gasteiger charge is 2.17. The van der Waals surface area contributed by atoms with Crippen molar-refractivity contribution < 1.29 is 4.79 Å². The lowest BCUT2D eigenvalue weighted by Gasteiger charge is -2.11. The van der Waals surface area contributed by atoms with Crippen LogP contribution in [0.1, 0.15) is 33.7 Å². The van der Waals surface area contributed by atoms with E-state index < -0.39 is 0 Å². The van der Waals surface area contributed by atoms with Crippen molar-refractivity contribution in [2.24, 2.45) is 0 Å². The van der Waals surface area contributed by atoms with Crippen molar-refractivity contribution in [3.8, 4) is 0 Å². The SMILES string of the molecule is CCc1cccc(C)c1NC(=O)c1nn2c(C)nnc2s1. The topological polar surface area (TPSA) is 72.2 Å². The molecule has 108 valence electrons. The minimum atomic E-state index is -0.214. The summed E-state index contributed by atoms with van der Waals surface area (Å²) in [5, 5.41) is 15.5. The fraction of sp³-hybridized carbons (Fsp3) is 0.286. The molecule has 21 heavy (non-hydrogen) atoms. The van der Waals surface area contributed by atoms with Crippen LogP contribution in [0.3, 0.4) is 0 Å². The Labute approximate surface area is 125 Å². The minimum absolute atomic E-state index is 0.214. The number of aryl methyl sites for hydroxylation is 3. The molecule has 0 unspecified atom stereocenters. The standard InChI is InChI=1S/C14H15N5OS/c1-4-10-7-5-6-8(2)11(10)15-12(20)13-18-19-9(3)16-17-14(19)21-13/h5-7H,4H2,1-3H3,(H,15,20). The summed E-state index contributed by atoms with van der Waals surface area (Å²) in [6.45, 7) is 5.85. The number of fused-ring (bicyclic) bond motifs is 1. The summed E-state index contributed by atoms with van der Waals surface area (Å²) >= 11 is 1.23. The van der Waals surface area contributed by atoms with Crippen molar-refractivity contribution in [1.29, 1.82) is 0 Å². The largest absolute Gasteiger partial charge is 0.319 e. The molecule has 2 heterocycles. The number of rotatable bonds is 3. The summed E-state index contributed by atoms with van der Waals surface area (Å²) in [5.41, 5.74) is 3.03. The third-order valence-corrected chi connectivity index (χ3v) is 4.22. The van der Waals surface area contributed by atoms with E-state index in [1.165, 1.54) is 11.3 Å². The molecule has 0 spiro atoms. The van der Waals surface area contributed by atoms with Crippen molar-refractivity contribution in [2.45, 2.75) is 27.2 Å². The maximum atomic E-state index is 12.4. The lowest BCUT2D eigenvalue weighted by Crippen LogP contribution is -2.14. The highest BCUT2D eigenvalue weighted by molar-refractivity contribution is 7.18. The average molecular weight is 301 g/mol. The first-order valence-corrected chi connectivity index (χ1v) is 7.50. The Bertz CT molecular complexity index is 820. The molecule has 0 atom stereocenters. The normalized spacial score (nSPS) is 11.0. The number of nitrogens with one attached hydrogen (secondary N) is 1. The lowest BCUT2D eigenvalue weighted by molar-refractivity contribution is 0.102. The van der Waals surface area contributed by atoms with Crippen LogP contribution < -0.4 is 5.32 Å². The molecule has 1 aromatic carbocycles.